The van der Waals surface area contributed by atoms with Gasteiger partial charge in [-0.15, -0.1) is 0 Å². The summed E-state index contributed by atoms with van der Waals surface area (Å²) >= 11 is 0. The molecule has 2 saturated carbocycles. The van der Waals surface area contributed by atoms with E-state index in [4.69, 9.17) is 0 Å². The van der Waals surface area contributed by atoms with Gasteiger partial charge in [0.05, 0.1) is 0 Å². The van der Waals surface area contributed by atoms with Gasteiger partial charge in [0.1, 0.15) is 0 Å². The maximum absolute atomic E-state index is 2.51. The van der Waals surface area contributed by atoms with E-state index in [0.717, 1.165) is 0 Å². The lowest BCUT2D eigenvalue weighted by Gasteiger charge is -2.48. The summed E-state index contributed by atoms with van der Waals surface area (Å²) in [5.41, 5.74) is 8.71. The molecule has 0 bridgehead atoms. The van der Waals surface area contributed by atoms with Gasteiger partial charge in [-0.2, -0.15) is 0 Å². The van der Waals surface area contributed by atoms with Gasteiger partial charge >= 0.3 is 0 Å². The molecular weight excluding hydrogens is 252 g/mol. The molecule has 0 amide bonds. The third-order valence-corrected chi connectivity index (χ3v) is 6.75. The van der Waals surface area contributed by atoms with Crippen molar-refractivity contribution in [3.8, 4) is 11.1 Å². The highest BCUT2D eigenvalue weighted by Crippen LogP contribution is 2.69. The van der Waals surface area contributed by atoms with E-state index in [-0.39, 0.29) is 0 Å². The van der Waals surface area contributed by atoms with Crippen LogP contribution in [0.5, 0.6) is 0 Å². The van der Waals surface area contributed by atoms with E-state index in [0.29, 0.717) is 10.8 Å². The smallest absolute Gasteiger partial charge is 0.00563 e. The molecule has 2 fully saturated rings. The molecule has 0 N–H and O–H groups in total. The van der Waals surface area contributed by atoms with Gasteiger partial charge in [0.15, 0.2) is 0 Å². The van der Waals surface area contributed by atoms with Crippen molar-refractivity contribution < 1.29 is 0 Å². The number of benzene rings is 2. The van der Waals surface area contributed by atoms with Crippen LogP contribution in [0.1, 0.15) is 55.2 Å². The summed E-state index contributed by atoms with van der Waals surface area (Å²) in [4.78, 5) is 0. The van der Waals surface area contributed by atoms with Gasteiger partial charge in [0.2, 0.25) is 0 Å². The normalized spacial score (nSPS) is 32.2. The lowest BCUT2D eigenvalue weighted by molar-refractivity contribution is 0.299. The molecule has 0 unspecified atom stereocenters. The summed E-state index contributed by atoms with van der Waals surface area (Å²) in [5, 5.41) is 0. The van der Waals surface area contributed by atoms with Crippen LogP contribution in [0.2, 0.25) is 0 Å². The van der Waals surface area contributed by atoms with Gasteiger partial charge in [-0.25, -0.2) is 0 Å². The van der Waals surface area contributed by atoms with E-state index in [1.54, 1.807) is 11.1 Å². The van der Waals surface area contributed by atoms with Crippen molar-refractivity contribution in [2.75, 3.05) is 0 Å². The van der Waals surface area contributed by atoms with Crippen LogP contribution in [0, 0.1) is 6.92 Å². The molecule has 2 aromatic carbocycles. The van der Waals surface area contributed by atoms with Crippen molar-refractivity contribution >= 4 is 0 Å². The molecular formula is C21H22. The molecule has 0 aliphatic heterocycles. The summed E-state index contributed by atoms with van der Waals surface area (Å²) in [7, 11) is 0. The first kappa shape index (κ1) is 12.0. The second-order valence-corrected chi connectivity index (χ2v) is 7.47. The van der Waals surface area contributed by atoms with Gasteiger partial charge in [-0.05, 0) is 54.9 Å². The fourth-order valence-electron chi connectivity index (χ4n) is 6.07. The van der Waals surface area contributed by atoms with Crippen molar-refractivity contribution in [2.45, 2.75) is 56.3 Å². The lowest BCUT2D eigenvalue weighted by atomic mass is 9.55. The van der Waals surface area contributed by atoms with Crippen LogP contribution in [0.15, 0.2) is 42.5 Å². The van der Waals surface area contributed by atoms with E-state index in [2.05, 4.69) is 49.4 Å². The first-order valence-corrected chi connectivity index (χ1v) is 8.48. The van der Waals surface area contributed by atoms with Gasteiger partial charge in [0.25, 0.3) is 0 Å². The summed E-state index contributed by atoms with van der Waals surface area (Å²) in [5.74, 6) is 0. The van der Waals surface area contributed by atoms with Crippen LogP contribution in [-0.4, -0.2) is 0 Å². The minimum Gasteiger partial charge on any atom is -0.0619 e. The van der Waals surface area contributed by atoms with Crippen molar-refractivity contribution in [1.82, 2.24) is 0 Å². The van der Waals surface area contributed by atoms with Crippen LogP contribution >= 0.6 is 0 Å². The first-order valence-electron chi connectivity index (χ1n) is 8.48. The maximum atomic E-state index is 2.51. The highest BCUT2D eigenvalue weighted by atomic mass is 14.6. The average Bonchev–Trinajstić information content (AvgIpc) is 3.04. The molecule has 2 aromatic rings. The summed E-state index contributed by atoms with van der Waals surface area (Å²) < 4.78 is 0. The molecule has 106 valence electrons. The van der Waals surface area contributed by atoms with Crippen molar-refractivity contribution in [2.24, 2.45) is 0 Å². The monoisotopic (exact) mass is 274 g/mol. The summed E-state index contributed by atoms with van der Waals surface area (Å²) in [6.07, 6.45) is 8.41. The fourth-order valence-corrected chi connectivity index (χ4v) is 6.07. The molecule has 0 atom stereocenters. The third-order valence-electron chi connectivity index (χ3n) is 6.75. The Balaban J connectivity index is 1.94. The van der Waals surface area contributed by atoms with Crippen LogP contribution in [0.3, 0.4) is 0 Å². The lowest BCUT2D eigenvalue weighted by Crippen LogP contribution is -2.43. The molecule has 0 heteroatoms. The molecule has 0 heterocycles. The zero-order chi connectivity index (χ0) is 14.1. The Morgan fingerprint density at radius 3 is 2.10 bits per heavy atom. The largest absolute Gasteiger partial charge is 0.0619 e. The minimum atomic E-state index is 0.447. The zero-order valence-electron chi connectivity index (χ0n) is 12.8. The average molecular weight is 274 g/mol. The Kier molecular flexibility index (Phi) is 2.17. The molecule has 0 saturated heterocycles. The second-order valence-electron chi connectivity index (χ2n) is 7.47. The van der Waals surface area contributed by atoms with Gasteiger partial charge < -0.3 is 0 Å². The quantitative estimate of drug-likeness (QED) is 0.593. The van der Waals surface area contributed by atoms with E-state index in [1.807, 2.05) is 0 Å². The highest BCUT2D eigenvalue weighted by Gasteiger charge is 2.61. The number of hydrogen-bond donors (Lipinski definition) is 0. The minimum absolute atomic E-state index is 0.447. The van der Waals surface area contributed by atoms with Crippen LogP contribution in [-0.2, 0) is 10.8 Å². The van der Waals surface area contributed by atoms with Gasteiger partial charge in [-0.3, -0.25) is 0 Å². The zero-order valence-corrected chi connectivity index (χ0v) is 12.8. The molecule has 0 nitrogen and oxygen atoms in total. The first-order chi connectivity index (χ1) is 10.3. The van der Waals surface area contributed by atoms with Crippen molar-refractivity contribution in [3.63, 3.8) is 0 Å². The molecule has 0 radical (unpaired) electrons. The molecule has 3 aliphatic carbocycles. The van der Waals surface area contributed by atoms with Crippen molar-refractivity contribution in [3.05, 3.63) is 59.2 Å². The van der Waals surface area contributed by atoms with Crippen LogP contribution < -0.4 is 0 Å². The fraction of sp³-hybridized carbons (Fsp3) is 0.429. The second kappa shape index (κ2) is 3.80. The molecule has 0 aromatic heterocycles. The number of hydrogen-bond acceptors (Lipinski definition) is 0. The van der Waals surface area contributed by atoms with E-state index >= 15 is 0 Å². The van der Waals surface area contributed by atoms with E-state index in [1.165, 1.54) is 55.2 Å². The number of fused-ring (bicyclic) bond motifs is 3. The topological polar surface area (TPSA) is 0 Å². The van der Waals surface area contributed by atoms with Gasteiger partial charge in [0, 0.05) is 10.8 Å². The SMILES string of the molecule is Cc1ccc2c(c1)C13CCCC1(CCC3)c1ccccc1-2. The van der Waals surface area contributed by atoms with Gasteiger partial charge in [-0.1, -0.05) is 60.9 Å². The Hall–Kier alpha value is -1.56. The Bertz CT molecular complexity index is 727. The van der Waals surface area contributed by atoms with E-state index in [9.17, 15) is 0 Å². The number of rotatable bonds is 0. The standard InChI is InChI=1S/C21H22/c1-15-8-9-17-16-6-2-3-7-18(16)20-10-4-12-21(20,13-5-11-20)19(17)14-15/h2-3,6-9,14H,4-5,10-13H2,1H3. The molecule has 5 rings (SSSR count). The van der Waals surface area contributed by atoms with Crippen LogP contribution in [0.25, 0.3) is 11.1 Å². The Labute approximate surface area is 127 Å². The highest BCUT2D eigenvalue weighted by molar-refractivity contribution is 5.79. The third kappa shape index (κ3) is 1.24. The maximum Gasteiger partial charge on any atom is 0.00563 e. The Morgan fingerprint density at radius 2 is 1.33 bits per heavy atom. The van der Waals surface area contributed by atoms with Crippen LogP contribution in [0.4, 0.5) is 0 Å². The summed E-state index contributed by atoms with van der Waals surface area (Å²) in [6.45, 7) is 2.25. The van der Waals surface area contributed by atoms with E-state index < -0.39 is 0 Å². The predicted octanol–water partition coefficient (Wildman–Crippen LogP) is 5.52. The molecule has 21 heavy (non-hydrogen) atoms. The van der Waals surface area contributed by atoms with Crippen molar-refractivity contribution in [1.29, 1.82) is 0 Å². The number of aryl methyl sites for hydroxylation is 1. The molecule has 0 spiro atoms. The Morgan fingerprint density at radius 1 is 0.714 bits per heavy atom. The summed E-state index contributed by atoms with van der Waals surface area (Å²) in [6, 6.07) is 16.5. The predicted molar refractivity (Wildman–Crippen MR) is 87.7 cm³/mol. The molecule has 3 aliphatic rings.